The first-order valence-electron chi connectivity index (χ1n) is 6.40. The zero-order chi connectivity index (χ0) is 15.4. The highest BCUT2D eigenvalue weighted by molar-refractivity contribution is 7.89. The molecule has 1 atom stereocenters. The molecule has 1 unspecified atom stereocenters. The van der Waals surface area contributed by atoms with Crippen LogP contribution in [0.3, 0.4) is 0 Å². The molecule has 112 valence electrons. The van der Waals surface area contributed by atoms with Gasteiger partial charge in [-0.05, 0) is 31.0 Å². The molecule has 20 heavy (non-hydrogen) atoms. The van der Waals surface area contributed by atoms with Crippen LogP contribution in [-0.4, -0.2) is 37.8 Å². The summed E-state index contributed by atoms with van der Waals surface area (Å²) in [5, 5.41) is 12.5. The second-order valence-electron chi connectivity index (χ2n) is 5.30. The number of amides is 1. The number of rotatable bonds is 6. The zero-order valence-electron chi connectivity index (χ0n) is 12.0. The normalized spacial score (nSPS) is 14.6. The Bertz CT molecular complexity index is 561. The van der Waals surface area contributed by atoms with Gasteiger partial charge in [0.2, 0.25) is 0 Å². The van der Waals surface area contributed by atoms with Crippen LogP contribution in [0.15, 0.2) is 24.3 Å². The second-order valence-corrected chi connectivity index (χ2v) is 7.44. The van der Waals surface area contributed by atoms with E-state index in [4.69, 9.17) is 0 Å². The van der Waals surface area contributed by atoms with Crippen LogP contribution in [0.4, 0.5) is 0 Å². The Morgan fingerprint density at radius 2 is 1.85 bits per heavy atom. The van der Waals surface area contributed by atoms with Gasteiger partial charge in [0.05, 0.1) is 11.4 Å². The zero-order valence-corrected chi connectivity index (χ0v) is 12.8. The maximum atomic E-state index is 11.9. The first-order valence-corrected chi connectivity index (χ1v) is 8.46. The summed E-state index contributed by atoms with van der Waals surface area (Å²) in [6, 6.07) is 6.40. The summed E-state index contributed by atoms with van der Waals surface area (Å²) in [5.41, 5.74) is 0.157. The van der Waals surface area contributed by atoms with Crippen molar-refractivity contribution in [1.29, 1.82) is 0 Å². The summed E-state index contributed by atoms with van der Waals surface area (Å²) in [5.74, 6) is -0.330. The van der Waals surface area contributed by atoms with Gasteiger partial charge in [-0.3, -0.25) is 4.79 Å². The molecule has 6 heteroatoms. The Morgan fingerprint density at radius 1 is 1.30 bits per heavy atom. The van der Waals surface area contributed by atoms with Crippen LogP contribution in [0.25, 0.3) is 0 Å². The van der Waals surface area contributed by atoms with Crippen molar-refractivity contribution in [2.75, 3.05) is 12.8 Å². The van der Waals surface area contributed by atoms with Gasteiger partial charge in [-0.1, -0.05) is 19.1 Å². The fraction of sp³-hybridized carbons (Fsp3) is 0.500. The van der Waals surface area contributed by atoms with Gasteiger partial charge in [-0.15, -0.1) is 0 Å². The van der Waals surface area contributed by atoms with Gasteiger partial charge in [0.1, 0.15) is 0 Å². The monoisotopic (exact) mass is 299 g/mol. The van der Waals surface area contributed by atoms with E-state index >= 15 is 0 Å². The summed E-state index contributed by atoms with van der Waals surface area (Å²) >= 11 is 0. The van der Waals surface area contributed by atoms with Crippen molar-refractivity contribution in [1.82, 2.24) is 5.32 Å². The highest BCUT2D eigenvalue weighted by Crippen LogP contribution is 2.09. The van der Waals surface area contributed by atoms with E-state index in [1.165, 1.54) is 6.26 Å². The average Bonchev–Trinajstić information content (AvgIpc) is 2.35. The van der Waals surface area contributed by atoms with Crippen LogP contribution < -0.4 is 5.32 Å². The highest BCUT2D eigenvalue weighted by atomic mass is 32.2. The van der Waals surface area contributed by atoms with E-state index in [1.807, 2.05) is 6.92 Å². The fourth-order valence-corrected chi connectivity index (χ4v) is 2.35. The minimum absolute atomic E-state index is 0.0422. The van der Waals surface area contributed by atoms with Gasteiger partial charge in [0, 0.05) is 18.4 Å². The molecule has 0 aliphatic rings. The molecule has 0 spiro atoms. The van der Waals surface area contributed by atoms with E-state index in [-0.39, 0.29) is 18.2 Å². The third-order valence-corrected chi connectivity index (χ3v) is 3.89. The molecular formula is C14H21NO4S. The fourth-order valence-electron chi connectivity index (χ4n) is 1.55. The lowest BCUT2D eigenvalue weighted by atomic mass is 10.0. The molecule has 0 saturated heterocycles. The van der Waals surface area contributed by atoms with Crippen LogP contribution >= 0.6 is 0 Å². The molecule has 0 fully saturated rings. The highest BCUT2D eigenvalue weighted by Gasteiger charge is 2.18. The molecule has 1 aromatic carbocycles. The third kappa shape index (κ3) is 5.71. The maximum absolute atomic E-state index is 11.9. The molecule has 0 aliphatic carbocycles. The molecule has 1 amide bonds. The maximum Gasteiger partial charge on any atom is 0.251 e. The van der Waals surface area contributed by atoms with Gasteiger partial charge in [0.15, 0.2) is 9.84 Å². The van der Waals surface area contributed by atoms with Gasteiger partial charge in [0.25, 0.3) is 5.91 Å². The molecule has 5 nitrogen and oxygen atoms in total. The Hall–Kier alpha value is -1.40. The van der Waals surface area contributed by atoms with Crippen LogP contribution in [0.1, 0.15) is 36.2 Å². The molecule has 0 radical (unpaired) electrons. The molecule has 0 bridgehead atoms. The van der Waals surface area contributed by atoms with E-state index in [2.05, 4.69) is 5.32 Å². The van der Waals surface area contributed by atoms with E-state index in [0.29, 0.717) is 17.5 Å². The standard InChI is InChI=1S/C14H21NO4S/c1-4-14(2,17)10-15-13(16)12-7-5-11(6-8-12)9-20(3,18)19/h5-8,17H,4,9-10H2,1-3H3,(H,15,16). The lowest BCUT2D eigenvalue weighted by Crippen LogP contribution is -2.40. The predicted octanol–water partition coefficient (Wildman–Crippen LogP) is 1.12. The first-order chi connectivity index (χ1) is 9.13. The third-order valence-electron chi connectivity index (χ3n) is 3.04. The van der Waals surface area contributed by atoms with E-state index < -0.39 is 15.4 Å². The van der Waals surface area contributed by atoms with Crippen LogP contribution in [0, 0.1) is 0 Å². The molecule has 0 heterocycles. The molecule has 0 aromatic heterocycles. The lowest BCUT2D eigenvalue weighted by molar-refractivity contribution is 0.0518. The Labute approximate surface area is 119 Å². The Morgan fingerprint density at radius 3 is 2.30 bits per heavy atom. The number of hydrogen-bond donors (Lipinski definition) is 2. The van der Waals surface area contributed by atoms with Crippen molar-refractivity contribution in [2.45, 2.75) is 31.6 Å². The average molecular weight is 299 g/mol. The quantitative estimate of drug-likeness (QED) is 0.824. The molecular weight excluding hydrogens is 278 g/mol. The van der Waals surface area contributed by atoms with Gasteiger partial charge in [-0.25, -0.2) is 8.42 Å². The summed E-state index contributed by atoms with van der Waals surface area (Å²) in [7, 11) is -3.08. The minimum atomic E-state index is -3.08. The van der Waals surface area contributed by atoms with Crippen molar-refractivity contribution >= 4 is 15.7 Å². The summed E-state index contributed by atoms with van der Waals surface area (Å²) in [6.45, 7) is 3.67. The number of sulfone groups is 1. The van der Waals surface area contributed by atoms with Crippen LogP contribution in [0.2, 0.25) is 0 Å². The van der Waals surface area contributed by atoms with E-state index in [1.54, 1.807) is 31.2 Å². The van der Waals surface area contributed by atoms with E-state index in [9.17, 15) is 18.3 Å². The summed E-state index contributed by atoms with van der Waals surface area (Å²) < 4.78 is 22.3. The number of benzene rings is 1. The molecule has 0 aliphatic heterocycles. The predicted molar refractivity (Wildman–Crippen MR) is 78.2 cm³/mol. The van der Waals surface area contributed by atoms with Gasteiger partial charge in [-0.2, -0.15) is 0 Å². The van der Waals surface area contributed by atoms with Crippen molar-refractivity contribution in [3.05, 3.63) is 35.4 Å². The molecule has 1 rings (SSSR count). The SMILES string of the molecule is CCC(C)(O)CNC(=O)c1ccc(CS(C)(=O)=O)cc1. The Kier molecular flexibility index (Phi) is 5.30. The minimum Gasteiger partial charge on any atom is -0.388 e. The second kappa shape index (κ2) is 6.37. The largest absolute Gasteiger partial charge is 0.388 e. The number of carbonyl (C=O) groups is 1. The van der Waals surface area contributed by atoms with Crippen molar-refractivity contribution < 1.29 is 18.3 Å². The van der Waals surface area contributed by atoms with E-state index in [0.717, 1.165) is 0 Å². The topological polar surface area (TPSA) is 83.5 Å². The van der Waals surface area contributed by atoms with Crippen molar-refractivity contribution in [3.8, 4) is 0 Å². The number of nitrogens with one attached hydrogen (secondary N) is 1. The van der Waals surface area contributed by atoms with Crippen LogP contribution in [-0.2, 0) is 15.6 Å². The first kappa shape index (κ1) is 16.7. The molecule has 0 saturated carbocycles. The summed E-state index contributed by atoms with van der Waals surface area (Å²) in [6.07, 6.45) is 1.71. The number of carbonyl (C=O) groups excluding carboxylic acids is 1. The van der Waals surface area contributed by atoms with Gasteiger partial charge >= 0.3 is 0 Å². The van der Waals surface area contributed by atoms with Crippen LogP contribution in [0.5, 0.6) is 0 Å². The van der Waals surface area contributed by atoms with Crippen molar-refractivity contribution in [3.63, 3.8) is 0 Å². The number of hydrogen-bond acceptors (Lipinski definition) is 4. The lowest BCUT2D eigenvalue weighted by Gasteiger charge is -2.21. The van der Waals surface area contributed by atoms with Crippen molar-refractivity contribution in [2.24, 2.45) is 0 Å². The number of aliphatic hydroxyl groups is 1. The summed E-state index contributed by atoms with van der Waals surface area (Å²) in [4.78, 5) is 11.9. The molecule has 2 N–H and O–H groups in total. The van der Waals surface area contributed by atoms with Gasteiger partial charge < -0.3 is 10.4 Å². The smallest absolute Gasteiger partial charge is 0.251 e. The Balaban J connectivity index is 2.67. The molecule has 1 aromatic rings.